The summed E-state index contributed by atoms with van der Waals surface area (Å²) in [5.41, 5.74) is 1.95. The molecule has 140 valence electrons. The number of nitrogens with zero attached hydrogens (tertiary/aromatic N) is 2. The predicted molar refractivity (Wildman–Crippen MR) is 105 cm³/mol. The summed E-state index contributed by atoms with van der Waals surface area (Å²) in [4.78, 5) is 7.01. The van der Waals surface area contributed by atoms with Crippen molar-refractivity contribution in [1.29, 1.82) is 0 Å². The van der Waals surface area contributed by atoms with E-state index in [9.17, 15) is 4.39 Å². The smallest absolute Gasteiger partial charge is 0.161 e. The van der Waals surface area contributed by atoms with Crippen LogP contribution in [0.5, 0.6) is 11.5 Å². The Morgan fingerprint density at radius 2 is 1.93 bits per heavy atom. The van der Waals surface area contributed by atoms with Crippen LogP contribution in [-0.4, -0.2) is 35.7 Å². The van der Waals surface area contributed by atoms with E-state index in [0.717, 1.165) is 47.4 Å². The zero-order valence-electron chi connectivity index (χ0n) is 15.1. The van der Waals surface area contributed by atoms with E-state index in [2.05, 4.69) is 17.2 Å². The highest BCUT2D eigenvalue weighted by Crippen LogP contribution is 2.31. The van der Waals surface area contributed by atoms with Gasteiger partial charge < -0.3 is 9.47 Å². The molecule has 0 radical (unpaired) electrons. The molecule has 6 heteroatoms. The van der Waals surface area contributed by atoms with Crippen LogP contribution < -0.4 is 9.47 Å². The number of rotatable bonds is 6. The lowest BCUT2D eigenvalue weighted by Gasteiger charge is -2.30. The van der Waals surface area contributed by atoms with Gasteiger partial charge in [-0.1, -0.05) is 19.1 Å². The van der Waals surface area contributed by atoms with Crippen molar-refractivity contribution >= 4 is 11.3 Å². The maximum atomic E-state index is 13.1. The van der Waals surface area contributed by atoms with Gasteiger partial charge in [0.25, 0.3) is 0 Å². The number of benzene rings is 2. The standard InChI is InChI=1S/C21H21FN2O2S/c1-2-24(12-18-13-25-19-5-3-4-6-20(19)26-18)11-17-14-27-21(23-17)15-7-9-16(22)10-8-15/h3-10,14,18H,2,11-13H2,1H3/t18-/m0/s1. The quantitative estimate of drug-likeness (QED) is 0.622. The minimum absolute atomic E-state index is 0.00458. The van der Waals surface area contributed by atoms with Gasteiger partial charge in [-0.25, -0.2) is 9.37 Å². The van der Waals surface area contributed by atoms with Crippen LogP contribution in [0.4, 0.5) is 4.39 Å². The van der Waals surface area contributed by atoms with E-state index in [0.29, 0.717) is 6.61 Å². The maximum Gasteiger partial charge on any atom is 0.161 e. The van der Waals surface area contributed by atoms with Crippen molar-refractivity contribution in [3.05, 3.63) is 65.4 Å². The van der Waals surface area contributed by atoms with Gasteiger partial charge in [0.15, 0.2) is 11.5 Å². The molecule has 3 aromatic rings. The van der Waals surface area contributed by atoms with Crippen molar-refractivity contribution in [2.75, 3.05) is 19.7 Å². The van der Waals surface area contributed by atoms with Gasteiger partial charge in [0.1, 0.15) is 23.5 Å². The molecule has 1 aromatic heterocycles. The van der Waals surface area contributed by atoms with Gasteiger partial charge in [-0.05, 0) is 42.9 Å². The van der Waals surface area contributed by atoms with Gasteiger partial charge >= 0.3 is 0 Å². The Morgan fingerprint density at radius 3 is 2.70 bits per heavy atom. The SMILES string of the molecule is CCN(Cc1csc(-c2ccc(F)cc2)n1)C[C@H]1COc2ccccc2O1. The molecule has 1 aliphatic heterocycles. The van der Waals surface area contributed by atoms with Crippen LogP contribution in [0, 0.1) is 5.82 Å². The maximum absolute atomic E-state index is 13.1. The average Bonchev–Trinajstić information content (AvgIpc) is 3.16. The number of ether oxygens (including phenoxy) is 2. The number of thiazole rings is 1. The van der Waals surface area contributed by atoms with Gasteiger partial charge in [0.05, 0.1) is 5.69 Å². The van der Waals surface area contributed by atoms with Crippen molar-refractivity contribution in [2.24, 2.45) is 0 Å². The van der Waals surface area contributed by atoms with Crippen molar-refractivity contribution < 1.29 is 13.9 Å². The van der Waals surface area contributed by atoms with Crippen LogP contribution >= 0.6 is 11.3 Å². The van der Waals surface area contributed by atoms with E-state index in [4.69, 9.17) is 14.5 Å². The molecule has 0 unspecified atom stereocenters. The first-order valence-corrected chi connectivity index (χ1v) is 9.90. The normalized spacial score (nSPS) is 15.9. The van der Waals surface area contributed by atoms with Crippen molar-refractivity contribution in [1.82, 2.24) is 9.88 Å². The average molecular weight is 384 g/mol. The molecule has 0 bridgehead atoms. The second-order valence-electron chi connectivity index (χ2n) is 6.48. The molecule has 4 rings (SSSR count). The highest BCUT2D eigenvalue weighted by atomic mass is 32.1. The summed E-state index contributed by atoms with van der Waals surface area (Å²) in [6.45, 7) is 5.09. The molecule has 0 saturated carbocycles. The van der Waals surface area contributed by atoms with E-state index in [-0.39, 0.29) is 11.9 Å². The molecule has 2 aromatic carbocycles. The van der Waals surface area contributed by atoms with Gasteiger partial charge in [-0.15, -0.1) is 11.3 Å². The van der Waals surface area contributed by atoms with Crippen LogP contribution in [0.1, 0.15) is 12.6 Å². The van der Waals surface area contributed by atoms with Crippen LogP contribution in [-0.2, 0) is 6.54 Å². The Labute approximate surface area is 162 Å². The summed E-state index contributed by atoms with van der Waals surface area (Å²) in [6, 6.07) is 14.2. The van der Waals surface area contributed by atoms with E-state index in [1.807, 2.05) is 24.3 Å². The lowest BCUT2D eigenvalue weighted by molar-refractivity contribution is 0.0577. The second-order valence-corrected chi connectivity index (χ2v) is 7.33. The topological polar surface area (TPSA) is 34.6 Å². The molecule has 0 spiro atoms. The fraction of sp³-hybridized carbons (Fsp3) is 0.286. The fourth-order valence-electron chi connectivity index (χ4n) is 3.08. The molecular formula is C21H21FN2O2S. The summed E-state index contributed by atoms with van der Waals surface area (Å²) in [6.07, 6.45) is -0.00458. The minimum Gasteiger partial charge on any atom is -0.486 e. The molecule has 0 N–H and O–H groups in total. The molecular weight excluding hydrogens is 363 g/mol. The monoisotopic (exact) mass is 384 g/mol. The van der Waals surface area contributed by atoms with E-state index in [1.165, 1.54) is 12.1 Å². The van der Waals surface area contributed by atoms with Gasteiger partial charge in [-0.2, -0.15) is 0 Å². The second kappa shape index (κ2) is 8.06. The first-order chi connectivity index (χ1) is 13.2. The van der Waals surface area contributed by atoms with Crippen LogP contribution in [0.3, 0.4) is 0 Å². The lowest BCUT2D eigenvalue weighted by atomic mass is 10.2. The first kappa shape index (κ1) is 17.9. The molecule has 0 saturated heterocycles. The fourth-order valence-corrected chi connectivity index (χ4v) is 3.90. The number of halogens is 1. The zero-order chi connectivity index (χ0) is 18.6. The molecule has 2 heterocycles. The Kier molecular flexibility index (Phi) is 5.36. The van der Waals surface area contributed by atoms with E-state index < -0.39 is 0 Å². The van der Waals surface area contributed by atoms with Crippen molar-refractivity contribution in [2.45, 2.75) is 19.6 Å². The third-order valence-corrected chi connectivity index (χ3v) is 5.45. The number of fused-ring (bicyclic) bond motifs is 1. The number of aromatic nitrogens is 1. The number of hydrogen-bond acceptors (Lipinski definition) is 5. The Morgan fingerprint density at radius 1 is 1.15 bits per heavy atom. The molecule has 1 aliphatic rings. The van der Waals surface area contributed by atoms with Crippen LogP contribution in [0.15, 0.2) is 53.9 Å². The van der Waals surface area contributed by atoms with Gasteiger partial charge in [0, 0.05) is 24.0 Å². The lowest BCUT2D eigenvalue weighted by Crippen LogP contribution is -2.40. The minimum atomic E-state index is -0.232. The molecule has 4 nitrogen and oxygen atoms in total. The van der Waals surface area contributed by atoms with Gasteiger partial charge in [0.2, 0.25) is 0 Å². The summed E-state index contributed by atoms with van der Waals surface area (Å²) >= 11 is 1.58. The molecule has 0 fully saturated rings. The Balaban J connectivity index is 1.39. The highest BCUT2D eigenvalue weighted by molar-refractivity contribution is 7.13. The molecule has 0 aliphatic carbocycles. The zero-order valence-corrected chi connectivity index (χ0v) is 15.9. The summed E-state index contributed by atoms with van der Waals surface area (Å²) in [7, 11) is 0. The first-order valence-electron chi connectivity index (χ1n) is 9.02. The van der Waals surface area contributed by atoms with Crippen LogP contribution in [0.2, 0.25) is 0 Å². The van der Waals surface area contributed by atoms with Crippen molar-refractivity contribution in [3.8, 4) is 22.1 Å². The molecule has 0 amide bonds. The number of hydrogen-bond donors (Lipinski definition) is 0. The largest absolute Gasteiger partial charge is 0.486 e. The van der Waals surface area contributed by atoms with E-state index >= 15 is 0 Å². The van der Waals surface area contributed by atoms with Gasteiger partial charge in [-0.3, -0.25) is 4.90 Å². The summed E-state index contributed by atoms with van der Waals surface area (Å²) < 4.78 is 25.0. The number of para-hydroxylation sites is 2. The third kappa shape index (κ3) is 4.28. The predicted octanol–water partition coefficient (Wildman–Crippen LogP) is 4.61. The summed E-state index contributed by atoms with van der Waals surface area (Å²) in [5.74, 6) is 1.38. The van der Waals surface area contributed by atoms with E-state index in [1.54, 1.807) is 23.5 Å². The Bertz CT molecular complexity index is 897. The highest BCUT2D eigenvalue weighted by Gasteiger charge is 2.23. The third-order valence-electron chi connectivity index (χ3n) is 4.51. The Hall–Kier alpha value is -2.44. The van der Waals surface area contributed by atoms with Crippen LogP contribution in [0.25, 0.3) is 10.6 Å². The molecule has 27 heavy (non-hydrogen) atoms. The van der Waals surface area contributed by atoms with Crippen molar-refractivity contribution in [3.63, 3.8) is 0 Å². The summed E-state index contributed by atoms with van der Waals surface area (Å²) in [5, 5.41) is 2.97. The number of likely N-dealkylation sites (N-methyl/N-ethyl adjacent to an activating group) is 1. The molecule has 1 atom stereocenters.